The van der Waals surface area contributed by atoms with Crippen molar-refractivity contribution >= 4 is 16.9 Å². The minimum atomic E-state index is 0.0322. The summed E-state index contributed by atoms with van der Waals surface area (Å²) in [5.41, 5.74) is 1.57. The van der Waals surface area contributed by atoms with Gasteiger partial charge in [0.15, 0.2) is 0 Å². The van der Waals surface area contributed by atoms with Crippen LogP contribution in [-0.2, 0) is 0 Å². The Bertz CT molecular complexity index is 660. The molecule has 2 aromatic rings. The molecule has 0 fully saturated rings. The van der Waals surface area contributed by atoms with Crippen LogP contribution in [0.4, 0.5) is 0 Å². The molecule has 0 N–H and O–H groups in total. The lowest BCUT2D eigenvalue weighted by molar-refractivity contribution is 0.0886. The Morgan fingerprint density at radius 2 is 1.64 bits per heavy atom. The third-order valence-electron chi connectivity index (χ3n) is 4.49. The molecule has 4 heteroatoms. The predicted molar refractivity (Wildman–Crippen MR) is 104 cm³/mol. The average Bonchev–Trinajstić information content (AvgIpc) is 3.06. The molecule has 0 atom stereocenters. The highest BCUT2D eigenvalue weighted by molar-refractivity contribution is 5.88. The van der Waals surface area contributed by atoms with Gasteiger partial charge in [-0.3, -0.25) is 4.79 Å². The molecule has 4 nitrogen and oxygen atoms in total. The standard InChI is InChI=1S/C21H31N3O/c1-2-3-4-5-6-7-8-9-10-11-12-13-18-21(25)24-20-17-15-14-16-19(20)22-23-24/h9-10,14-17H,2-8,11-13,18H2,1H3/b10-9+. The fourth-order valence-electron chi connectivity index (χ4n) is 2.98. The maximum absolute atomic E-state index is 12.2. The van der Waals surface area contributed by atoms with E-state index in [9.17, 15) is 4.79 Å². The number of benzene rings is 1. The first-order valence-corrected chi connectivity index (χ1v) is 9.81. The van der Waals surface area contributed by atoms with E-state index in [1.165, 1.54) is 49.6 Å². The molecule has 0 amide bonds. The molecule has 0 spiro atoms. The molecule has 2 rings (SSSR count). The molecule has 0 bridgehead atoms. The van der Waals surface area contributed by atoms with Crippen LogP contribution in [0, 0.1) is 0 Å². The van der Waals surface area contributed by atoms with E-state index in [2.05, 4.69) is 29.4 Å². The van der Waals surface area contributed by atoms with Gasteiger partial charge < -0.3 is 0 Å². The maximum atomic E-state index is 12.2. The van der Waals surface area contributed by atoms with Crippen LogP contribution in [-0.4, -0.2) is 20.9 Å². The second-order valence-electron chi connectivity index (χ2n) is 6.66. The van der Waals surface area contributed by atoms with Gasteiger partial charge in [-0.2, -0.15) is 4.68 Å². The minimum Gasteiger partial charge on any atom is -0.273 e. The summed E-state index contributed by atoms with van der Waals surface area (Å²) in [5, 5.41) is 8.00. The number of hydrogen-bond acceptors (Lipinski definition) is 3. The molecule has 0 unspecified atom stereocenters. The van der Waals surface area contributed by atoms with Crippen LogP contribution in [0.25, 0.3) is 11.0 Å². The summed E-state index contributed by atoms with van der Waals surface area (Å²) in [7, 11) is 0. The SMILES string of the molecule is CCCCCCCC/C=C/CCCCC(=O)n1nnc2ccccc21. The normalized spacial score (nSPS) is 11.6. The summed E-state index contributed by atoms with van der Waals surface area (Å²) in [6.45, 7) is 2.25. The lowest BCUT2D eigenvalue weighted by Gasteiger charge is -2.00. The quantitative estimate of drug-likeness (QED) is 0.354. The topological polar surface area (TPSA) is 47.8 Å². The Morgan fingerprint density at radius 3 is 2.44 bits per heavy atom. The Morgan fingerprint density at radius 1 is 0.960 bits per heavy atom. The number of hydrogen-bond donors (Lipinski definition) is 0. The summed E-state index contributed by atoms with van der Waals surface area (Å²) in [5.74, 6) is 0.0322. The van der Waals surface area contributed by atoms with Gasteiger partial charge in [0, 0.05) is 6.42 Å². The number of carbonyl (C=O) groups excluding carboxylic acids is 1. The van der Waals surface area contributed by atoms with Crippen molar-refractivity contribution in [3.8, 4) is 0 Å². The molecule has 0 aliphatic heterocycles. The van der Waals surface area contributed by atoms with Crippen LogP contribution in [0.5, 0.6) is 0 Å². The number of aromatic nitrogens is 3. The molecule has 0 aliphatic carbocycles. The fraction of sp³-hybridized carbons (Fsp3) is 0.571. The van der Waals surface area contributed by atoms with Crippen LogP contribution >= 0.6 is 0 Å². The monoisotopic (exact) mass is 341 g/mol. The summed E-state index contributed by atoms with van der Waals surface area (Å²) in [4.78, 5) is 12.2. The number of fused-ring (bicyclic) bond motifs is 1. The fourth-order valence-corrected chi connectivity index (χ4v) is 2.98. The van der Waals surface area contributed by atoms with Gasteiger partial charge in [0.05, 0.1) is 5.52 Å². The zero-order valence-electron chi connectivity index (χ0n) is 15.5. The third-order valence-corrected chi connectivity index (χ3v) is 4.49. The molecule has 1 aromatic heterocycles. The van der Waals surface area contributed by atoms with Gasteiger partial charge in [0.2, 0.25) is 5.91 Å². The van der Waals surface area contributed by atoms with Crippen LogP contribution in [0.2, 0.25) is 0 Å². The Kier molecular flexibility index (Phi) is 8.95. The summed E-state index contributed by atoms with van der Waals surface area (Å²) < 4.78 is 1.43. The minimum absolute atomic E-state index is 0.0322. The van der Waals surface area contributed by atoms with Gasteiger partial charge in [-0.15, -0.1) is 5.10 Å². The van der Waals surface area contributed by atoms with Crippen LogP contribution in [0.15, 0.2) is 36.4 Å². The zero-order valence-corrected chi connectivity index (χ0v) is 15.5. The van der Waals surface area contributed by atoms with Crippen molar-refractivity contribution in [3.63, 3.8) is 0 Å². The molecule has 0 aliphatic rings. The second-order valence-corrected chi connectivity index (χ2v) is 6.66. The number of para-hydroxylation sites is 1. The third kappa shape index (κ3) is 6.81. The Balaban J connectivity index is 1.54. The van der Waals surface area contributed by atoms with E-state index in [1.807, 2.05) is 24.3 Å². The zero-order chi connectivity index (χ0) is 17.7. The highest BCUT2D eigenvalue weighted by Crippen LogP contribution is 2.12. The highest BCUT2D eigenvalue weighted by atomic mass is 16.2. The smallest absolute Gasteiger partial charge is 0.248 e. The Labute approximate surface area is 151 Å². The first kappa shape index (κ1) is 19.4. The lowest BCUT2D eigenvalue weighted by Crippen LogP contribution is -2.11. The Hall–Kier alpha value is -1.97. The van der Waals surface area contributed by atoms with Gasteiger partial charge in [-0.05, 0) is 44.2 Å². The first-order valence-electron chi connectivity index (χ1n) is 9.81. The molecule has 1 heterocycles. The lowest BCUT2D eigenvalue weighted by atomic mass is 10.1. The summed E-state index contributed by atoms with van der Waals surface area (Å²) in [6.07, 6.45) is 17.4. The van der Waals surface area contributed by atoms with E-state index in [0.29, 0.717) is 6.42 Å². The van der Waals surface area contributed by atoms with Crippen LogP contribution in [0.1, 0.15) is 82.3 Å². The summed E-state index contributed by atoms with van der Waals surface area (Å²) in [6, 6.07) is 7.58. The highest BCUT2D eigenvalue weighted by Gasteiger charge is 2.10. The number of rotatable bonds is 12. The van der Waals surface area contributed by atoms with E-state index < -0.39 is 0 Å². The average molecular weight is 341 g/mol. The second kappa shape index (κ2) is 11.6. The van der Waals surface area contributed by atoms with Gasteiger partial charge in [-0.25, -0.2) is 0 Å². The first-order chi connectivity index (χ1) is 12.3. The van der Waals surface area contributed by atoms with Crippen LogP contribution in [0.3, 0.4) is 0 Å². The number of unbranched alkanes of at least 4 members (excludes halogenated alkanes) is 8. The van der Waals surface area contributed by atoms with Crippen molar-refractivity contribution in [2.75, 3.05) is 0 Å². The van der Waals surface area contributed by atoms with Crippen molar-refractivity contribution in [3.05, 3.63) is 36.4 Å². The molecular weight excluding hydrogens is 310 g/mol. The maximum Gasteiger partial charge on any atom is 0.248 e. The predicted octanol–water partition coefficient (Wildman–Crippen LogP) is 5.94. The van der Waals surface area contributed by atoms with Gasteiger partial charge in [0.25, 0.3) is 0 Å². The molecule has 1 aromatic carbocycles. The van der Waals surface area contributed by atoms with Crippen LogP contribution < -0.4 is 0 Å². The molecule has 0 saturated carbocycles. The van der Waals surface area contributed by atoms with E-state index in [1.54, 1.807) is 0 Å². The molecule has 136 valence electrons. The van der Waals surface area contributed by atoms with Crippen molar-refractivity contribution < 1.29 is 4.79 Å². The van der Waals surface area contributed by atoms with E-state index in [4.69, 9.17) is 0 Å². The summed E-state index contributed by atoms with van der Waals surface area (Å²) >= 11 is 0. The largest absolute Gasteiger partial charge is 0.273 e. The molecule has 0 radical (unpaired) electrons. The van der Waals surface area contributed by atoms with Crippen molar-refractivity contribution in [1.29, 1.82) is 0 Å². The number of nitrogens with zero attached hydrogens (tertiary/aromatic N) is 3. The van der Waals surface area contributed by atoms with Crippen molar-refractivity contribution in [1.82, 2.24) is 15.0 Å². The van der Waals surface area contributed by atoms with E-state index >= 15 is 0 Å². The van der Waals surface area contributed by atoms with Gasteiger partial charge in [0.1, 0.15) is 5.52 Å². The number of carbonyl (C=O) groups is 1. The van der Waals surface area contributed by atoms with Crippen molar-refractivity contribution in [2.24, 2.45) is 0 Å². The molecular formula is C21H31N3O. The molecule has 0 saturated heterocycles. The van der Waals surface area contributed by atoms with Gasteiger partial charge >= 0.3 is 0 Å². The number of allylic oxidation sites excluding steroid dienone is 2. The van der Waals surface area contributed by atoms with E-state index in [-0.39, 0.29) is 5.91 Å². The van der Waals surface area contributed by atoms with Gasteiger partial charge in [-0.1, -0.05) is 68.5 Å². The molecule has 25 heavy (non-hydrogen) atoms. The van der Waals surface area contributed by atoms with E-state index in [0.717, 1.165) is 30.3 Å². The van der Waals surface area contributed by atoms with Crippen molar-refractivity contribution in [2.45, 2.75) is 77.6 Å².